The Morgan fingerprint density at radius 2 is 2.00 bits per heavy atom. The van der Waals surface area contributed by atoms with Gasteiger partial charge in [0.2, 0.25) is 6.79 Å². The molecule has 21 heavy (non-hydrogen) atoms. The number of rotatable bonds is 3. The third-order valence-corrected chi connectivity index (χ3v) is 3.21. The molecule has 0 atom stereocenters. The van der Waals surface area contributed by atoms with Crippen LogP contribution < -0.4 is 9.47 Å². The number of nitro groups is 1. The summed E-state index contributed by atoms with van der Waals surface area (Å²) in [6.45, 7) is 0.200. The van der Waals surface area contributed by atoms with Gasteiger partial charge in [-0.1, -0.05) is 17.7 Å². The largest absolute Gasteiger partial charge is 0.454 e. The molecule has 0 aliphatic carbocycles. The summed E-state index contributed by atoms with van der Waals surface area (Å²) in [5.41, 5.74) is 1.10. The molecular weight excluding hydrogens is 296 g/mol. The Hall–Kier alpha value is -2.60. The molecule has 0 amide bonds. The minimum atomic E-state index is -0.528. The Morgan fingerprint density at radius 1 is 1.19 bits per heavy atom. The summed E-state index contributed by atoms with van der Waals surface area (Å²) in [5, 5.41) is 10.9. The molecule has 0 aromatic heterocycles. The molecule has 106 valence electrons. The van der Waals surface area contributed by atoms with E-state index in [4.69, 9.17) is 21.1 Å². The highest BCUT2D eigenvalue weighted by atomic mass is 35.5. The van der Waals surface area contributed by atoms with Crippen LogP contribution in [0.1, 0.15) is 5.56 Å². The Labute approximate surface area is 124 Å². The normalized spacial score (nSPS) is 12.8. The summed E-state index contributed by atoms with van der Waals surface area (Å²) in [4.78, 5) is 14.6. The maximum atomic E-state index is 10.8. The lowest BCUT2D eigenvalue weighted by atomic mass is 10.2. The fourth-order valence-corrected chi connectivity index (χ4v) is 2.05. The van der Waals surface area contributed by atoms with E-state index in [9.17, 15) is 10.1 Å². The van der Waals surface area contributed by atoms with E-state index in [-0.39, 0.29) is 17.5 Å². The van der Waals surface area contributed by atoms with Gasteiger partial charge in [0.1, 0.15) is 5.02 Å². The van der Waals surface area contributed by atoms with Gasteiger partial charge < -0.3 is 9.47 Å². The van der Waals surface area contributed by atoms with E-state index in [0.29, 0.717) is 22.7 Å². The third kappa shape index (κ3) is 2.80. The number of halogens is 1. The fraction of sp³-hybridized carbons (Fsp3) is 0.0714. The molecule has 7 heteroatoms. The van der Waals surface area contributed by atoms with Gasteiger partial charge in [0, 0.05) is 18.3 Å². The van der Waals surface area contributed by atoms with Crippen LogP contribution in [-0.2, 0) is 0 Å². The second-order valence-corrected chi connectivity index (χ2v) is 4.67. The number of hydrogen-bond acceptors (Lipinski definition) is 5. The summed E-state index contributed by atoms with van der Waals surface area (Å²) in [5.74, 6) is 1.31. The first kappa shape index (κ1) is 13.4. The van der Waals surface area contributed by atoms with E-state index in [1.807, 2.05) is 0 Å². The molecule has 1 heterocycles. The summed E-state index contributed by atoms with van der Waals surface area (Å²) < 4.78 is 10.5. The lowest BCUT2D eigenvalue weighted by Crippen LogP contribution is -1.92. The zero-order valence-corrected chi connectivity index (χ0v) is 11.4. The summed E-state index contributed by atoms with van der Waals surface area (Å²) >= 11 is 5.76. The lowest BCUT2D eigenvalue weighted by Gasteiger charge is -1.99. The minimum Gasteiger partial charge on any atom is -0.454 e. The van der Waals surface area contributed by atoms with Crippen LogP contribution in [0.4, 0.5) is 11.4 Å². The number of ether oxygens (including phenoxy) is 2. The van der Waals surface area contributed by atoms with Crippen molar-refractivity contribution in [1.29, 1.82) is 0 Å². The van der Waals surface area contributed by atoms with Crippen molar-refractivity contribution in [3.8, 4) is 11.5 Å². The van der Waals surface area contributed by atoms with Gasteiger partial charge in [0.25, 0.3) is 5.69 Å². The summed E-state index contributed by atoms with van der Waals surface area (Å²) in [6.07, 6.45) is 1.53. The maximum Gasteiger partial charge on any atom is 0.288 e. The highest BCUT2D eigenvalue weighted by Crippen LogP contribution is 2.35. The first-order valence-electron chi connectivity index (χ1n) is 6.01. The smallest absolute Gasteiger partial charge is 0.288 e. The molecule has 1 aliphatic rings. The van der Waals surface area contributed by atoms with E-state index in [1.54, 1.807) is 24.3 Å². The minimum absolute atomic E-state index is 0.0974. The topological polar surface area (TPSA) is 74.0 Å². The monoisotopic (exact) mass is 304 g/mol. The Kier molecular flexibility index (Phi) is 3.45. The molecular formula is C14H9ClN2O4. The third-order valence-electron chi connectivity index (χ3n) is 2.89. The first-order valence-corrected chi connectivity index (χ1v) is 6.39. The molecule has 2 aromatic rings. The highest BCUT2D eigenvalue weighted by Gasteiger charge is 2.13. The molecule has 0 spiro atoms. The Bertz CT molecular complexity index is 746. The zero-order chi connectivity index (χ0) is 14.8. The molecule has 0 N–H and O–H groups in total. The van der Waals surface area contributed by atoms with E-state index < -0.39 is 4.92 Å². The van der Waals surface area contributed by atoms with Crippen LogP contribution in [0.5, 0.6) is 11.5 Å². The predicted molar refractivity (Wildman–Crippen MR) is 77.9 cm³/mol. The fourth-order valence-electron chi connectivity index (χ4n) is 1.86. The average molecular weight is 305 g/mol. The van der Waals surface area contributed by atoms with Gasteiger partial charge >= 0.3 is 0 Å². The standard InChI is InChI=1S/C14H9ClN2O4/c15-11-3-1-9(5-12(11)17(18)19)7-16-10-2-4-13-14(6-10)21-8-20-13/h1-7H,8H2. The summed E-state index contributed by atoms with van der Waals surface area (Å²) in [6, 6.07) is 9.78. The molecule has 0 unspecified atom stereocenters. The Balaban J connectivity index is 1.86. The molecule has 2 aromatic carbocycles. The van der Waals surface area contributed by atoms with Crippen LogP contribution in [-0.4, -0.2) is 17.9 Å². The van der Waals surface area contributed by atoms with Gasteiger partial charge in [-0.15, -0.1) is 0 Å². The van der Waals surface area contributed by atoms with Gasteiger partial charge in [-0.3, -0.25) is 15.1 Å². The lowest BCUT2D eigenvalue weighted by molar-refractivity contribution is -0.384. The van der Waals surface area contributed by atoms with Crippen molar-refractivity contribution in [2.75, 3.05) is 6.79 Å². The van der Waals surface area contributed by atoms with Gasteiger partial charge in [-0.2, -0.15) is 0 Å². The highest BCUT2D eigenvalue weighted by molar-refractivity contribution is 6.32. The molecule has 0 radical (unpaired) electrons. The van der Waals surface area contributed by atoms with Crippen molar-refractivity contribution in [3.05, 3.63) is 57.1 Å². The molecule has 3 rings (SSSR count). The number of nitrogens with zero attached hydrogens (tertiary/aromatic N) is 2. The van der Waals surface area contributed by atoms with Crippen molar-refractivity contribution in [1.82, 2.24) is 0 Å². The van der Waals surface area contributed by atoms with E-state index in [1.165, 1.54) is 18.3 Å². The second-order valence-electron chi connectivity index (χ2n) is 4.26. The van der Waals surface area contributed by atoms with Crippen molar-refractivity contribution in [2.45, 2.75) is 0 Å². The van der Waals surface area contributed by atoms with Crippen LogP contribution >= 0.6 is 11.6 Å². The number of nitro benzene ring substituents is 1. The molecule has 1 aliphatic heterocycles. The van der Waals surface area contributed by atoms with Gasteiger partial charge in [0.05, 0.1) is 10.6 Å². The van der Waals surface area contributed by atoms with Crippen molar-refractivity contribution in [3.63, 3.8) is 0 Å². The Morgan fingerprint density at radius 3 is 2.81 bits per heavy atom. The van der Waals surface area contributed by atoms with Gasteiger partial charge in [0.15, 0.2) is 11.5 Å². The second kappa shape index (κ2) is 5.41. The molecule has 0 saturated heterocycles. The van der Waals surface area contributed by atoms with E-state index >= 15 is 0 Å². The SMILES string of the molecule is O=[N+]([O-])c1cc(C=Nc2ccc3c(c2)OCO3)ccc1Cl. The zero-order valence-electron chi connectivity index (χ0n) is 10.7. The van der Waals surface area contributed by atoms with Crippen molar-refractivity contribution < 1.29 is 14.4 Å². The number of benzene rings is 2. The summed E-state index contributed by atoms with van der Waals surface area (Å²) in [7, 11) is 0. The van der Waals surface area contributed by atoms with Crippen LogP contribution in [0.2, 0.25) is 5.02 Å². The molecule has 6 nitrogen and oxygen atoms in total. The average Bonchev–Trinajstić information content (AvgIpc) is 2.93. The molecule has 0 bridgehead atoms. The van der Waals surface area contributed by atoms with Crippen molar-refractivity contribution >= 4 is 29.2 Å². The quantitative estimate of drug-likeness (QED) is 0.492. The molecule has 0 fully saturated rings. The number of hydrogen-bond donors (Lipinski definition) is 0. The maximum absolute atomic E-state index is 10.8. The van der Waals surface area contributed by atoms with Crippen LogP contribution in [0.25, 0.3) is 0 Å². The molecule has 0 saturated carbocycles. The van der Waals surface area contributed by atoms with Gasteiger partial charge in [-0.05, 0) is 23.8 Å². The van der Waals surface area contributed by atoms with Crippen LogP contribution in [0.15, 0.2) is 41.4 Å². The number of aliphatic imine (C=N–C) groups is 1. The first-order chi connectivity index (χ1) is 10.1. The van der Waals surface area contributed by atoms with E-state index in [2.05, 4.69) is 4.99 Å². The number of fused-ring (bicyclic) bond motifs is 1. The van der Waals surface area contributed by atoms with Crippen LogP contribution in [0.3, 0.4) is 0 Å². The predicted octanol–water partition coefficient (Wildman–Crippen LogP) is 3.73. The van der Waals surface area contributed by atoms with Gasteiger partial charge in [-0.25, -0.2) is 0 Å². The van der Waals surface area contributed by atoms with Crippen molar-refractivity contribution in [2.24, 2.45) is 4.99 Å². The van der Waals surface area contributed by atoms with E-state index in [0.717, 1.165) is 0 Å². The van der Waals surface area contributed by atoms with Crippen LogP contribution in [0, 0.1) is 10.1 Å².